The first-order chi connectivity index (χ1) is 12.2. The molecule has 0 unspecified atom stereocenters. The Morgan fingerprint density at radius 2 is 2.16 bits per heavy atom. The van der Waals surface area contributed by atoms with Crippen molar-refractivity contribution in [1.29, 1.82) is 10.8 Å². The van der Waals surface area contributed by atoms with Crippen LogP contribution in [-0.2, 0) is 0 Å². The highest BCUT2D eigenvalue weighted by molar-refractivity contribution is 6.33. The van der Waals surface area contributed by atoms with Crippen LogP contribution in [0.5, 0.6) is 0 Å². The molecular formula is C18H17ClN6. The van der Waals surface area contributed by atoms with Crippen molar-refractivity contribution in [1.82, 2.24) is 15.0 Å². The predicted molar refractivity (Wildman–Crippen MR) is 101 cm³/mol. The van der Waals surface area contributed by atoms with Gasteiger partial charge in [-0.3, -0.25) is 0 Å². The van der Waals surface area contributed by atoms with E-state index < -0.39 is 0 Å². The number of rotatable bonds is 5. The second-order valence-electron chi connectivity index (χ2n) is 6.16. The lowest BCUT2D eigenvalue weighted by Gasteiger charge is -2.40. The number of hydrogen-bond acceptors (Lipinski definition) is 5. The minimum Gasteiger partial charge on any atom is -0.355 e. The number of fused-ring (bicyclic) bond motifs is 1. The Morgan fingerprint density at radius 1 is 1.36 bits per heavy atom. The molecular weight excluding hydrogens is 336 g/mol. The van der Waals surface area contributed by atoms with E-state index in [-0.39, 0.29) is 5.92 Å². The zero-order valence-corrected chi connectivity index (χ0v) is 14.2. The van der Waals surface area contributed by atoms with Gasteiger partial charge in [0.15, 0.2) is 0 Å². The fraction of sp³-hybridized carbons (Fsp3) is 0.222. The lowest BCUT2D eigenvalue weighted by Crippen LogP contribution is -2.50. The van der Waals surface area contributed by atoms with Crippen LogP contribution in [0.3, 0.4) is 0 Å². The first-order valence-corrected chi connectivity index (χ1v) is 8.45. The summed E-state index contributed by atoms with van der Waals surface area (Å²) in [5.41, 5.74) is 3.30. The van der Waals surface area contributed by atoms with Gasteiger partial charge in [0, 0.05) is 49.1 Å². The van der Waals surface area contributed by atoms with Gasteiger partial charge in [-0.15, -0.1) is 0 Å². The number of aromatic amines is 1. The van der Waals surface area contributed by atoms with Crippen LogP contribution >= 0.6 is 11.6 Å². The van der Waals surface area contributed by atoms with Crippen LogP contribution in [0.4, 0.5) is 5.82 Å². The number of imidazole rings is 1. The normalized spacial score (nSPS) is 14.5. The molecule has 0 radical (unpaired) electrons. The molecule has 1 aliphatic rings. The predicted octanol–water partition coefficient (Wildman–Crippen LogP) is 3.77. The molecule has 126 valence electrons. The first-order valence-electron chi connectivity index (χ1n) is 8.07. The largest absolute Gasteiger partial charge is 0.355 e. The number of nitrogens with zero attached hydrogens (tertiary/aromatic N) is 3. The Bertz CT molecular complexity index is 924. The summed E-state index contributed by atoms with van der Waals surface area (Å²) in [6.45, 7) is 1.50. The van der Waals surface area contributed by atoms with E-state index in [1.165, 1.54) is 6.21 Å². The van der Waals surface area contributed by atoms with Gasteiger partial charge in [0.05, 0.1) is 16.1 Å². The third-order valence-corrected chi connectivity index (χ3v) is 4.81. The fourth-order valence-corrected chi connectivity index (χ4v) is 3.22. The summed E-state index contributed by atoms with van der Waals surface area (Å²) in [4.78, 5) is 14.4. The van der Waals surface area contributed by atoms with Gasteiger partial charge in [-0.1, -0.05) is 23.7 Å². The second kappa shape index (κ2) is 6.29. The Labute approximate surface area is 149 Å². The third kappa shape index (κ3) is 2.89. The average molecular weight is 353 g/mol. The number of anilines is 1. The van der Waals surface area contributed by atoms with Crippen molar-refractivity contribution in [3.8, 4) is 11.4 Å². The van der Waals surface area contributed by atoms with Crippen LogP contribution in [0.15, 0.2) is 36.5 Å². The monoisotopic (exact) mass is 352 g/mol. The summed E-state index contributed by atoms with van der Waals surface area (Å²) in [7, 11) is 0. The Balaban J connectivity index is 1.59. The summed E-state index contributed by atoms with van der Waals surface area (Å²) in [6, 6.07) is 9.80. The molecule has 3 aromatic rings. The average Bonchev–Trinajstić information content (AvgIpc) is 2.99. The van der Waals surface area contributed by atoms with Crippen LogP contribution in [0.1, 0.15) is 6.42 Å². The van der Waals surface area contributed by atoms with Crippen LogP contribution in [0.25, 0.3) is 22.4 Å². The van der Waals surface area contributed by atoms with Crippen molar-refractivity contribution >= 4 is 40.4 Å². The molecule has 0 saturated carbocycles. The SMILES string of the molecule is N=CCC(=N)C1CN(c2cc(-c3nc4ccccc4[nH]3)c(Cl)cn2)C1. The molecule has 0 aliphatic carbocycles. The maximum Gasteiger partial charge on any atom is 0.140 e. The molecule has 3 N–H and O–H groups in total. The quantitative estimate of drug-likeness (QED) is 0.610. The molecule has 1 fully saturated rings. The molecule has 1 saturated heterocycles. The summed E-state index contributed by atoms with van der Waals surface area (Å²) in [6.07, 6.45) is 3.36. The lowest BCUT2D eigenvalue weighted by atomic mass is 9.92. The van der Waals surface area contributed by atoms with E-state index in [0.29, 0.717) is 17.2 Å². The highest BCUT2D eigenvalue weighted by Crippen LogP contribution is 2.32. The lowest BCUT2D eigenvalue weighted by molar-refractivity contribution is 0.511. The Hall–Kier alpha value is -2.73. The maximum absolute atomic E-state index is 7.94. The number of H-pyrrole nitrogens is 1. The van der Waals surface area contributed by atoms with Gasteiger partial charge in [-0.25, -0.2) is 9.97 Å². The summed E-state index contributed by atoms with van der Waals surface area (Å²) in [5, 5.41) is 15.6. The third-order valence-electron chi connectivity index (χ3n) is 4.51. The molecule has 0 amide bonds. The van der Waals surface area contributed by atoms with E-state index in [1.54, 1.807) is 6.20 Å². The van der Waals surface area contributed by atoms with Crippen LogP contribution in [0.2, 0.25) is 5.02 Å². The van der Waals surface area contributed by atoms with E-state index >= 15 is 0 Å². The van der Waals surface area contributed by atoms with Gasteiger partial charge in [0.2, 0.25) is 0 Å². The zero-order chi connectivity index (χ0) is 17.4. The number of para-hydroxylation sites is 2. The van der Waals surface area contributed by atoms with Crippen molar-refractivity contribution in [3.63, 3.8) is 0 Å². The van der Waals surface area contributed by atoms with E-state index in [2.05, 4.69) is 19.9 Å². The van der Waals surface area contributed by atoms with Crippen LogP contribution < -0.4 is 4.90 Å². The molecule has 7 heteroatoms. The van der Waals surface area contributed by atoms with E-state index in [0.717, 1.165) is 41.3 Å². The molecule has 4 rings (SSSR count). The van der Waals surface area contributed by atoms with Crippen LogP contribution in [0, 0.1) is 16.7 Å². The highest BCUT2D eigenvalue weighted by atomic mass is 35.5. The Kier molecular flexibility index (Phi) is 3.97. The van der Waals surface area contributed by atoms with Crippen molar-refractivity contribution in [2.45, 2.75) is 6.42 Å². The van der Waals surface area contributed by atoms with E-state index in [1.807, 2.05) is 30.3 Å². The van der Waals surface area contributed by atoms with Crippen molar-refractivity contribution in [3.05, 3.63) is 41.6 Å². The fourth-order valence-electron chi connectivity index (χ4n) is 3.03. The summed E-state index contributed by atoms with van der Waals surface area (Å²) in [5.74, 6) is 1.76. The highest BCUT2D eigenvalue weighted by Gasteiger charge is 2.31. The minimum absolute atomic E-state index is 0.203. The molecule has 0 atom stereocenters. The van der Waals surface area contributed by atoms with Crippen molar-refractivity contribution in [2.75, 3.05) is 18.0 Å². The number of halogens is 1. The number of aromatic nitrogens is 3. The van der Waals surface area contributed by atoms with Crippen molar-refractivity contribution < 1.29 is 0 Å². The minimum atomic E-state index is 0.203. The number of nitrogens with one attached hydrogen (secondary N) is 3. The number of benzene rings is 1. The maximum atomic E-state index is 7.94. The molecule has 0 bridgehead atoms. The summed E-state index contributed by atoms with van der Waals surface area (Å²) < 4.78 is 0. The molecule has 1 aromatic carbocycles. The summed E-state index contributed by atoms with van der Waals surface area (Å²) >= 11 is 6.34. The van der Waals surface area contributed by atoms with E-state index in [9.17, 15) is 0 Å². The molecule has 0 spiro atoms. The molecule has 25 heavy (non-hydrogen) atoms. The van der Waals surface area contributed by atoms with Gasteiger partial charge in [0.1, 0.15) is 11.6 Å². The molecule has 2 aromatic heterocycles. The number of hydrogen-bond donors (Lipinski definition) is 3. The van der Waals surface area contributed by atoms with Gasteiger partial charge in [0.25, 0.3) is 0 Å². The van der Waals surface area contributed by atoms with Gasteiger partial charge >= 0.3 is 0 Å². The second-order valence-corrected chi connectivity index (χ2v) is 6.57. The molecule has 3 heterocycles. The topological polar surface area (TPSA) is 92.5 Å². The first kappa shape index (κ1) is 15.8. The van der Waals surface area contributed by atoms with Gasteiger partial charge in [-0.2, -0.15) is 0 Å². The van der Waals surface area contributed by atoms with Gasteiger partial charge in [-0.05, 0) is 18.2 Å². The molecule has 6 nitrogen and oxygen atoms in total. The smallest absolute Gasteiger partial charge is 0.140 e. The number of pyridine rings is 1. The van der Waals surface area contributed by atoms with E-state index in [4.69, 9.17) is 22.4 Å². The van der Waals surface area contributed by atoms with Crippen molar-refractivity contribution in [2.24, 2.45) is 5.92 Å². The van der Waals surface area contributed by atoms with Gasteiger partial charge < -0.3 is 20.7 Å². The zero-order valence-electron chi connectivity index (χ0n) is 13.5. The standard InChI is InChI=1S/C18H17ClN6/c19-13-8-22-17(25-9-11(10-25)14(21)5-6-20)7-12(13)18-23-15-3-1-2-4-16(15)24-18/h1-4,6-8,11,20-21H,5,9-10H2,(H,23,24). The Morgan fingerprint density at radius 3 is 2.92 bits per heavy atom. The molecule has 1 aliphatic heterocycles. The van der Waals surface area contributed by atoms with Crippen LogP contribution in [-0.4, -0.2) is 40.0 Å².